The summed E-state index contributed by atoms with van der Waals surface area (Å²) in [6.07, 6.45) is -5.74. The molecule has 1 aromatic heterocycles. The molecular formula is C13H11F3N2O4. The Morgan fingerprint density at radius 3 is 2.55 bits per heavy atom. The first-order valence-corrected chi connectivity index (χ1v) is 6.10. The van der Waals surface area contributed by atoms with Crippen LogP contribution in [0.15, 0.2) is 6.07 Å². The molecule has 0 unspecified atom stereocenters. The number of aromatic hydroxyl groups is 1. The van der Waals surface area contributed by atoms with Gasteiger partial charge in [0.15, 0.2) is 11.5 Å². The zero-order valence-electron chi connectivity index (χ0n) is 11.4. The molecule has 0 bridgehead atoms. The highest BCUT2D eigenvalue weighted by Crippen LogP contribution is 2.32. The third kappa shape index (κ3) is 4.18. The summed E-state index contributed by atoms with van der Waals surface area (Å²) in [5.74, 6) is -2.64. The lowest BCUT2D eigenvalue weighted by atomic mass is 10.1. The van der Waals surface area contributed by atoms with Gasteiger partial charge in [-0.05, 0) is 13.0 Å². The Hall–Kier alpha value is -2.63. The van der Waals surface area contributed by atoms with Gasteiger partial charge < -0.3 is 9.84 Å². The molecule has 1 rings (SSSR count). The normalized spacial score (nSPS) is 10.9. The number of ketones is 1. The molecule has 1 heterocycles. The Bertz CT molecular complexity index is 635. The molecule has 0 fully saturated rings. The summed E-state index contributed by atoms with van der Waals surface area (Å²) >= 11 is 0. The van der Waals surface area contributed by atoms with E-state index in [4.69, 9.17) is 5.26 Å². The number of nitriles is 1. The number of hydrogen-bond donors (Lipinski definition) is 1. The summed E-state index contributed by atoms with van der Waals surface area (Å²) in [5, 5.41) is 18.3. The molecule has 9 heteroatoms. The number of pyridine rings is 1. The molecule has 0 spiro atoms. The quantitative estimate of drug-likeness (QED) is 0.660. The van der Waals surface area contributed by atoms with Crippen LogP contribution in [-0.2, 0) is 15.7 Å². The minimum Gasteiger partial charge on any atom is -0.504 e. The largest absolute Gasteiger partial charge is 0.504 e. The van der Waals surface area contributed by atoms with Crippen LogP contribution >= 0.6 is 0 Å². The lowest BCUT2D eigenvalue weighted by Gasteiger charge is -2.10. The van der Waals surface area contributed by atoms with Crippen LogP contribution in [0.25, 0.3) is 0 Å². The van der Waals surface area contributed by atoms with E-state index in [9.17, 15) is 27.9 Å². The number of esters is 1. The summed E-state index contributed by atoms with van der Waals surface area (Å²) in [6.45, 7) is 1.65. The van der Waals surface area contributed by atoms with Crippen molar-refractivity contribution in [2.24, 2.45) is 0 Å². The first-order valence-electron chi connectivity index (χ1n) is 6.10. The molecule has 22 heavy (non-hydrogen) atoms. The number of nitrogens with zero attached hydrogens (tertiary/aromatic N) is 2. The lowest BCUT2D eigenvalue weighted by molar-refractivity contribution is -0.143. The van der Waals surface area contributed by atoms with Crippen molar-refractivity contribution in [2.45, 2.75) is 25.9 Å². The second kappa shape index (κ2) is 6.89. The zero-order valence-corrected chi connectivity index (χ0v) is 11.4. The number of alkyl halides is 3. The highest BCUT2D eigenvalue weighted by Gasteiger charge is 2.35. The van der Waals surface area contributed by atoms with Crippen LogP contribution in [0, 0.1) is 11.3 Å². The van der Waals surface area contributed by atoms with Gasteiger partial charge in [-0.15, -0.1) is 0 Å². The van der Waals surface area contributed by atoms with Crippen LogP contribution in [0.4, 0.5) is 13.2 Å². The van der Waals surface area contributed by atoms with Crippen LogP contribution in [0.3, 0.4) is 0 Å². The van der Waals surface area contributed by atoms with E-state index in [0.29, 0.717) is 6.07 Å². The molecule has 0 radical (unpaired) electrons. The van der Waals surface area contributed by atoms with E-state index in [1.54, 1.807) is 6.92 Å². The SMILES string of the molecule is CCOC(=O)CCC(=O)c1nc(C(F)(F)F)cc(C#N)c1O. The van der Waals surface area contributed by atoms with E-state index in [1.165, 1.54) is 6.07 Å². The maximum absolute atomic E-state index is 12.7. The average molecular weight is 316 g/mol. The van der Waals surface area contributed by atoms with Crippen molar-refractivity contribution in [3.8, 4) is 11.8 Å². The van der Waals surface area contributed by atoms with E-state index >= 15 is 0 Å². The minimum atomic E-state index is -4.88. The molecule has 118 valence electrons. The fraction of sp³-hybridized carbons (Fsp3) is 0.385. The number of halogens is 3. The Labute approximate surface area is 123 Å². The predicted octanol–water partition coefficient (Wildman–Crippen LogP) is 2.20. The van der Waals surface area contributed by atoms with Crippen molar-refractivity contribution in [1.29, 1.82) is 5.26 Å². The van der Waals surface area contributed by atoms with Crippen LogP contribution in [0.2, 0.25) is 0 Å². The smallest absolute Gasteiger partial charge is 0.433 e. The number of Topliss-reactive ketones (excluding diaryl/α,β-unsaturated/α-hetero) is 1. The molecule has 1 aromatic rings. The molecular weight excluding hydrogens is 305 g/mol. The zero-order chi connectivity index (χ0) is 16.9. The van der Waals surface area contributed by atoms with Crippen molar-refractivity contribution in [3.63, 3.8) is 0 Å². The van der Waals surface area contributed by atoms with Crippen molar-refractivity contribution >= 4 is 11.8 Å². The molecule has 0 aromatic carbocycles. The summed E-state index contributed by atoms with van der Waals surface area (Å²) in [7, 11) is 0. The van der Waals surface area contributed by atoms with E-state index in [1.807, 2.05) is 0 Å². The van der Waals surface area contributed by atoms with Gasteiger partial charge in [0, 0.05) is 6.42 Å². The molecule has 6 nitrogen and oxygen atoms in total. The fourth-order valence-corrected chi connectivity index (χ4v) is 1.53. The van der Waals surface area contributed by atoms with Crippen molar-refractivity contribution in [3.05, 3.63) is 23.0 Å². The Morgan fingerprint density at radius 1 is 1.41 bits per heavy atom. The number of carbonyl (C=O) groups excluding carboxylic acids is 2. The average Bonchev–Trinajstić information content (AvgIpc) is 2.44. The fourth-order valence-electron chi connectivity index (χ4n) is 1.53. The molecule has 0 aliphatic rings. The monoisotopic (exact) mass is 316 g/mol. The molecule has 0 atom stereocenters. The Morgan fingerprint density at radius 2 is 2.05 bits per heavy atom. The van der Waals surface area contributed by atoms with E-state index in [-0.39, 0.29) is 13.0 Å². The van der Waals surface area contributed by atoms with Gasteiger partial charge >= 0.3 is 12.1 Å². The maximum atomic E-state index is 12.7. The Kier molecular flexibility index (Phi) is 5.45. The van der Waals surface area contributed by atoms with Crippen LogP contribution < -0.4 is 0 Å². The highest BCUT2D eigenvalue weighted by atomic mass is 19.4. The topological polar surface area (TPSA) is 100 Å². The van der Waals surface area contributed by atoms with E-state index in [0.717, 1.165) is 0 Å². The molecule has 0 saturated carbocycles. The van der Waals surface area contributed by atoms with Gasteiger partial charge in [-0.3, -0.25) is 9.59 Å². The van der Waals surface area contributed by atoms with Gasteiger partial charge in [-0.2, -0.15) is 18.4 Å². The van der Waals surface area contributed by atoms with Gasteiger partial charge in [-0.1, -0.05) is 0 Å². The number of aromatic nitrogens is 1. The van der Waals surface area contributed by atoms with Gasteiger partial charge in [0.05, 0.1) is 18.6 Å². The standard InChI is InChI=1S/C13H11F3N2O4/c1-2-22-10(20)4-3-8(19)11-12(21)7(6-17)5-9(18-11)13(14,15)16/h5,21H,2-4H2,1H3. The second-order valence-electron chi connectivity index (χ2n) is 4.09. The molecule has 0 amide bonds. The lowest BCUT2D eigenvalue weighted by Crippen LogP contribution is -2.14. The number of hydrogen-bond acceptors (Lipinski definition) is 6. The summed E-state index contributed by atoms with van der Waals surface area (Å²) in [5.41, 5.74) is -3.08. The summed E-state index contributed by atoms with van der Waals surface area (Å²) < 4.78 is 42.5. The summed E-state index contributed by atoms with van der Waals surface area (Å²) in [4.78, 5) is 26.0. The van der Waals surface area contributed by atoms with Crippen LogP contribution in [0.1, 0.15) is 41.5 Å². The van der Waals surface area contributed by atoms with E-state index in [2.05, 4.69) is 9.72 Å². The number of carbonyl (C=O) groups is 2. The van der Waals surface area contributed by atoms with Gasteiger partial charge in [0.25, 0.3) is 0 Å². The molecule has 0 aliphatic heterocycles. The van der Waals surface area contributed by atoms with Gasteiger partial charge in [-0.25, -0.2) is 4.98 Å². The van der Waals surface area contributed by atoms with Crippen LogP contribution in [0.5, 0.6) is 5.75 Å². The summed E-state index contributed by atoms with van der Waals surface area (Å²) in [6, 6.07) is 1.70. The molecule has 0 aliphatic carbocycles. The van der Waals surface area contributed by atoms with Crippen LogP contribution in [-0.4, -0.2) is 28.4 Å². The first kappa shape index (κ1) is 17.4. The predicted molar refractivity (Wildman–Crippen MR) is 65.8 cm³/mol. The van der Waals surface area contributed by atoms with E-state index < -0.39 is 47.1 Å². The number of ether oxygens (including phenoxy) is 1. The molecule has 1 N–H and O–H groups in total. The highest BCUT2D eigenvalue weighted by molar-refractivity contribution is 5.98. The Balaban J connectivity index is 3.10. The third-order valence-corrected chi connectivity index (χ3v) is 2.53. The van der Waals surface area contributed by atoms with Crippen molar-refractivity contribution in [1.82, 2.24) is 4.98 Å². The van der Waals surface area contributed by atoms with Gasteiger partial charge in [0.2, 0.25) is 0 Å². The number of rotatable bonds is 5. The minimum absolute atomic E-state index is 0.0959. The third-order valence-electron chi connectivity index (χ3n) is 2.53. The van der Waals surface area contributed by atoms with Gasteiger partial charge in [0.1, 0.15) is 17.5 Å². The maximum Gasteiger partial charge on any atom is 0.433 e. The van der Waals surface area contributed by atoms with Crippen molar-refractivity contribution < 1.29 is 32.6 Å². The molecule has 0 saturated heterocycles. The van der Waals surface area contributed by atoms with Crippen molar-refractivity contribution in [2.75, 3.05) is 6.61 Å². The second-order valence-corrected chi connectivity index (χ2v) is 4.09. The first-order chi connectivity index (χ1) is 10.2.